The van der Waals surface area contributed by atoms with Crippen LogP contribution in [0.25, 0.3) is 5.76 Å². The first-order chi connectivity index (χ1) is 15.8. The Hall–Kier alpha value is -3.32. The van der Waals surface area contributed by atoms with E-state index in [9.17, 15) is 14.7 Å². The highest BCUT2D eigenvalue weighted by atomic mass is 16.5. The molecule has 1 unspecified atom stereocenters. The van der Waals surface area contributed by atoms with Crippen LogP contribution in [-0.2, 0) is 9.59 Å². The summed E-state index contributed by atoms with van der Waals surface area (Å²) in [5.41, 5.74) is 2.77. The molecule has 0 saturated carbocycles. The molecular weight excluding hydrogens is 422 g/mol. The maximum Gasteiger partial charge on any atom is 0.295 e. The zero-order valence-corrected chi connectivity index (χ0v) is 19.6. The van der Waals surface area contributed by atoms with Gasteiger partial charge in [-0.1, -0.05) is 19.1 Å². The monoisotopic (exact) mass is 453 g/mol. The summed E-state index contributed by atoms with van der Waals surface area (Å²) in [6.07, 6.45) is 1.16. The smallest absolute Gasteiger partial charge is 0.295 e. The molecule has 1 fully saturated rings. The lowest BCUT2D eigenvalue weighted by atomic mass is 9.93. The van der Waals surface area contributed by atoms with Crippen molar-refractivity contribution < 1.29 is 29.3 Å². The number of hydrogen-bond acceptors (Lipinski definition) is 6. The van der Waals surface area contributed by atoms with Crippen molar-refractivity contribution in [2.24, 2.45) is 0 Å². The van der Waals surface area contributed by atoms with Crippen LogP contribution >= 0.6 is 0 Å². The molecule has 0 spiro atoms. The predicted octanol–water partition coefficient (Wildman–Crippen LogP) is 3.90. The van der Waals surface area contributed by atoms with Crippen molar-refractivity contribution in [3.8, 4) is 11.5 Å². The number of ether oxygens (including phenoxy) is 2. The van der Waals surface area contributed by atoms with Gasteiger partial charge in [0.1, 0.15) is 17.3 Å². The number of aliphatic hydroxyl groups excluding tert-OH is 2. The van der Waals surface area contributed by atoms with Crippen LogP contribution in [0.3, 0.4) is 0 Å². The number of rotatable bonds is 9. The molecule has 0 aliphatic carbocycles. The van der Waals surface area contributed by atoms with Gasteiger partial charge in [-0.15, -0.1) is 0 Å². The highest BCUT2D eigenvalue weighted by molar-refractivity contribution is 6.46. The number of Topliss-reactive ketones (excluding diaryl/α,β-unsaturated/α-hetero) is 1. The Kier molecular flexibility index (Phi) is 7.76. The van der Waals surface area contributed by atoms with Gasteiger partial charge in [0.25, 0.3) is 11.7 Å². The largest absolute Gasteiger partial charge is 0.507 e. The number of nitrogens with zero attached hydrogens (tertiary/aromatic N) is 1. The molecule has 0 bridgehead atoms. The van der Waals surface area contributed by atoms with Crippen molar-refractivity contribution in [1.82, 2.24) is 4.90 Å². The lowest BCUT2D eigenvalue weighted by Gasteiger charge is -2.25. The van der Waals surface area contributed by atoms with Crippen molar-refractivity contribution in [3.63, 3.8) is 0 Å². The standard InChI is InChI=1S/C26H31NO6/c1-5-10-27-23(18-8-6-9-19(15-18)33-12-7-11-28)22(25(30)26(27)31)24(29)20-13-17(3)21(32-4)14-16(20)2/h6,8-9,13-15,23,28-29H,5,7,10-12H2,1-4H3/b24-22+. The van der Waals surface area contributed by atoms with Crippen LogP contribution in [0, 0.1) is 13.8 Å². The summed E-state index contributed by atoms with van der Waals surface area (Å²) < 4.78 is 11.1. The topological polar surface area (TPSA) is 96.3 Å². The molecule has 7 nitrogen and oxygen atoms in total. The first-order valence-corrected chi connectivity index (χ1v) is 11.1. The van der Waals surface area contributed by atoms with Gasteiger partial charge in [-0.25, -0.2) is 0 Å². The van der Waals surface area contributed by atoms with Crippen molar-refractivity contribution in [2.75, 3.05) is 26.9 Å². The lowest BCUT2D eigenvalue weighted by molar-refractivity contribution is -0.139. The second-order valence-corrected chi connectivity index (χ2v) is 8.13. The maximum atomic E-state index is 13.1. The van der Waals surface area contributed by atoms with E-state index in [0.29, 0.717) is 48.6 Å². The zero-order valence-electron chi connectivity index (χ0n) is 19.6. The number of carbonyl (C=O) groups is 2. The van der Waals surface area contributed by atoms with Gasteiger partial charge in [-0.2, -0.15) is 0 Å². The third-order valence-corrected chi connectivity index (χ3v) is 5.75. The Morgan fingerprint density at radius 1 is 1.12 bits per heavy atom. The summed E-state index contributed by atoms with van der Waals surface area (Å²) in [5, 5.41) is 20.3. The van der Waals surface area contributed by atoms with Crippen molar-refractivity contribution >= 4 is 17.4 Å². The average molecular weight is 454 g/mol. The molecule has 1 saturated heterocycles. The highest BCUT2D eigenvalue weighted by Crippen LogP contribution is 2.41. The Morgan fingerprint density at radius 3 is 2.55 bits per heavy atom. The fraction of sp³-hybridized carbons (Fsp3) is 0.385. The summed E-state index contributed by atoms with van der Waals surface area (Å²) >= 11 is 0. The number of methoxy groups -OCH3 is 1. The normalized spacial score (nSPS) is 17.5. The van der Waals surface area contributed by atoms with E-state index in [1.807, 2.05) is 26.8 Å². The molecule has 176 valence electrons. The van der Waals surface area contributed by atoms with Crippen LogP contribution in [0.4, 0.5) is 0 Å². The van der Waals surface area contributed by atoms with Gasteiger partial charge < -0.3 is 24.6 Å². The van der Waals surface area contributed by atoms with Gasteiger partial charge in [0, 0.05) is 25.1 Å². The number of amides is 1. The first kappa shape index (κ1) is 24.3. The number of hydrogen-bond donors (Lipinski definition) is 2. The minimum absolute atomic E-state index is 0.0248. The van der Waals surface area contributed by atoms with E-state index in [0.717, 1.165) is 11.1 Å². The molecule has 3 rings (SSSR count). The molecule has 2 aromatic carbocycles. The van der Waals surface area contributed by atoms with Crippen LogP contribution < -0.4 is 9.47 Å². The van der Waals surface area contributed by atoms with E-state index in [1.54, 1.807) is 37.4 Å². The van der Waals surface area contributed by atoms with Gasteiger partial charge in [-0.3, -0.25) is 9.59 Å². The number of carbonyl (C=O) groups excluding carboxylic acids is 2. The van der Waals surface area contributed by atoms with Gasteiger partial charge in [0.05, 0.1) is 25.3 Å². The fourth-order valence-electron chi connectivity index (χ4n) is 4.14. The van der Waals surface area contributed by atoms with E-state index < -0.39 is 17.7 Å². The van der Waals surface area contributed by atoms with Crippen molar-refractivity contribution in [2.45, 2.75) is 39.7 Å². The van der Waals surface area contributed by atoms with Crippen molar-refractivity contribution in [3.05, 3.63) is 64.2 Å². The molecule has 2 aromatic rings. The minimum atomic E-state index is -0.729. The maximum absolute atomic E-state index is 13.1. The van der Waals surface area contributed by atoms with E-state index >= 15 is 0 Å². The number of likely N-dealkylation sites (tertiary alicyclic amines) is 1. The summed E-state index contributed by atoms with van der Waals surface area (Å²) in [5.74, 6) is -0.283. The third kappa shape index (κ3) is 4.88. The van der Waals surface area contributed by atoms with Gasteiger partial charge in [0.15, 0.2) is 0 Å². The van der Waals surface area contributed by atoms with Gasteiger partial charge in [-0.05, 0) is 61.2 Å². The van der Waals surface area contributed by atoms with Crippen LogP contribution in [-0.4, -0.2) is 53.7 Å². The van der Waals surface area contributed by atoms with Crippen LogP contribution in [0.2, 0.25) is 0 Å². The number of benzene rings is 2. The van der Waals surface area contributed by atoms with Crippen LogP contribution in [0.1, 0.15) is 48.1 Å². The van der Waals surface area contributed by atoms with Crippen molar-refractivity contribution in [1.29, 1.82) is 0 Å². The molecule has 0 aromatic heterocycles. The predicted molar refractivity (Wildman–Crippen MR) is 125 cm³/mol. The number of aryl methyl sites for hydroxylation is 2. The number of aliphatic hydroxyl groups is 2. The van der Waals surface area contributed by atoms with Gasteiger partial charge >= 0.3 is 0 Å². The quantitative estimate of drug-likeness (QED) is 0.259. The van der Waals surface area contributed by atoms with E-state index in [2.05, 4.69) is 0 Å². The lowest BCUT2D eigenvalue weighted by Crippen LogP contribution is -2.30. The van der Waals surface area contributed by atoms with Crippen LogP contribution in [0.15, 0.2) is 42.0 Å². The number of ketones is 1. The Balaban J connectivity index is 2.15. The SMILES string of the molecule is CCCN1C(=O)C(=O)/C(=C(/O)c2cc(C)c(OC)cc2C)C1c1cccc(OCCCO)c1. The summed E-state index contributed by atoms with van der Waals surface area (Å²) in [4.78, 5) is 27.5. The molecule has 2 N–H and O–H groups in total. The van der Waals surface area contributed by atoms with Crippen LogP contribution in [0.5, 0.6) is 11.5 Å². The zero-order chi connectivity index (χ0) is 24.1. The van der Waals surface area contributed by atoms with E-state index in [-0.39, 0.29) is 17.9 Å². The highest BCUT2D eigenvalue weighted by Gasteiger charge is 2.45. The Bertz CT molecular complexity index is 1070. The Morgan fingerprint density at radius 2 is 1.88 bits per heavy atom. The molecule has 33 heavy (non-hydrogen) atoms. The van der Waals surface area contributed by atoms with E-state index in [4.69, 9.17) is 14.6 Å². The molecule has 1 atom stereocenters. The summed E-state index contributed by atoms with van der Waals surface area (Å²) in [6, 6.07) is 10.0. The molecule has 7 heteroatoms. The summed E-state index contributed by atoms with van der Waals surface area (Å²) in [7, 11) is 1.58. The molecule has 1 amide bonds. The molecule has 1 heterocycles. The molecule has 1 aliphatic heterocycles. The average Bonchev–Trinajstić information content (AvgIpc) is 3.05. The first-order valence-electron chi connectivity index (χ1n) is 11.1. The molecule has 0 radical (unpaired) electrons. The van der Waals surface area contributed by atoms with E-state index in [1.165, 1.54) is 4.90 Å². The minimum Gasteiger partial charge on any atom is -0.507 e. The third-order valence-electron chi connectivity index (χ3n) is 5.75. The fourth-order valence-corrected chi connectivity index (χ4v) is 4.14. The van der Waals surface area contributed by atoms with Gasteiger partial charge in [0.2, 0.25) is 0 Å². The summed E-state index contributed by atoms with van der Waals surface area (Å²) in [6.45, 7) is 6.36. The second kappa shape index (κ2) is 10.5. The second-order valence-electron chi connectivity index (χ2n) is 8.13. The Labute approximate surface area is 194 Å². The molecule has 1 aliphatic rings. The molecular formula is C26H31NO6.